The molecule has 5 N–H and O–H groups in total. The molecule has 3 atom stereocenters. The number of benzene rings is 1. The lowest BCUT2D eigenvalue weighted by atomic mass is 9.86. The van der Waals surface area contributed by atoms with Gasteiger partial charge < -0.3 is 30.4 Å². The Bertz CT molecular complexity index is 1330. The minimum absolute atomic E-state index is 0.0480. The Morgan fingerprint density at radius 1 is 1.25 bits per heavy atom. The van der Waals surface area contributed by atoms with Crippen LogP contribution >= 0.6 is 0 Å². The molecule has 166 valence electrons. The van der Waals surface area contributed by atoms with Crippen LogP contribution in [0.15, 0.2) is 35.1 Å². The molecule has 5 rings (SSSR count). The van der Waals surface area contributed by atoms with E-state index in [1.54, 1.807) is 37.3 Å². The van der Waals surface area contributed by atoms with E-state index in [1.165, 1.54) is 4.57 Å². The van der Waals surface area contributed by atoms with Crippen molar-refractivity contribution in [2.24, 2.45) is 5.73 Å². The van der Waals surface area contributed by atoms with Gasteiger partial charge in [0.05, 0.1) is 35.1 Å². The smallest absolute Gasteiger partial charge is 0.343 e. The molecule has 0 bridgehead atoms. The topological polar surface area (TPSA) is 148 Å². The predicted molar refractivity (Wildman–Crippen MR) is 115 cm³/mol. The van der Waals surface area contributed by atoms with E-state index in [0.717, 1.165) is 0 Å². The molecule has 0 saturated carbocycles. The van der Waals surface area contributed by atoms with E-state index in [1.807, 2.05) is 0 Å². The summed E-state index contributed by atoms with van der Waals surface area (Å²) in [5, 5.41) is 32.9. The van der Waals surface area contributed by atoms with Crippen LogP contribution < -0.4 is 11.3 Å². The highest BCUT2D eigenvalue weighted by Gasteiger charge is 2.45. The fourth-order valence-corrected chi connectivity index (χ4v) is 4.72. The second-order valence-electron chi connectivity index (χ2n) is 8.22. The van der Waals surface area contributed by atoms with E-state index in [0.29, 0.717) is 33.4 Å². The Morgan fingerprint density at radius 2 is 2.00 bits per heavy atom. The van der Waals surface area contributed by atoms with Gasteiger partial charge in [-0.25, -0.2) is 9.78 Å². The third-order valence-electron chi connectivity index (χ3n) is 6.54. The molecule has 0 saturated heterocycles. The van der Waals surface area contributed by atoms with Crippen molar-refractivity contribution < 1.29 is 24.9 Å². The molecule has 2 unspecified atom stereocenters. The van der Waals surface area contributed by atoms with Crippen molar-refractivity contribution in [3.05, 3.63) is 62.9 Å². The molecule has 0 amide bonds. The summed E-state index contributed by atoms with van der Waals surface area (Å²) in [7, 11) is 0. The molecule has 0 fully saturated rings. The average molecular weight is 437 g/mol. The summed E-state index contributed by atoms with van der Waals surface area (Å²) in [5.41, 5.74) is 6.26. The zero-order valence-corrected chi connectivity index (χ0v) is 17.4. The largest absolute Gasteiger partial charge is 0.458 e. The Morgan fingerprint density at radius 3 is 2.72 bits per heavy atom. The number of pyridine rings is 2. The van der Waals surface area contributed by atoms with Crippen molar-refractivity contribution in [3.63, 3.8) is 0 Å². The van der Waals surface area contributed by atoms with Crippen LogP contribution in [0.2, 0.25) is 0 Å². The monoisotopic (exact) mass is 437 g/mol. The summed E-state index contributed by atoms with van der Waals surface area (Å²) in [6.07, 6.45) is -2.43. The van der Waals surface area contributed by atoms with Crippen molar-refractivity contribution in [2.45, 2.75) is 44.3 Å². The van der Waals surface area contributed by atoms with Crippen LogP contribution in [0.1, 0.15) is 41.7 Å². The summed E-state index contributed by atoms with van der Waals surface area (Å²) >= 11 is 0. The van der Waals surface area contributed by atoms with Gasteiger partial charge in [-0.1, -0.05) is 25.1 Å². The summed E-state index contributed by atoms with van der Waals surface area (Å²) in [6, 6.07) is 8.80. The molecule has 4 heterocycles. The number of nitrogens with zero attached hydrogens (tertiary/aromatic N) is 2. The van der Waals surface area contributed by atoms with Crippen molar-refractivity contribution >= 4 is 16.9 Å². The molecular weight excluding hydrogens is 414 g/mol. The number of fused-ring (bicyclic) bond motifs is 5. The van der Waals surface area contributed by atoms with Gasteiger partial charge in [0.2, 0.25) is 0 Å². The number of carbonyl (C=O) groups is 1. The molecule has 2 aliphatic heterocycles. The van der Waals surface area contributed by atoms with Crippen LogP contribution in [0.25, 0.3) is 22.3 Å². The van der Waals surface area contributed by atoms with Crippen molar-refractivity contribution in [1.29, 1.82) is 0 Å². The molecule has 0 spiro atoms. The van der Waals surface area contributed by atoms with Gasteiger partial charge in [-0.2, -0.15) is 0 Å². The normalized spacial score (nSPS) is 21.0. The molecule has 3 aromatic rings. The summed E-state index contributed by atoms with van der Waals surface area (Å²) in [5.74, 6) is -0.788. The average Bonchev–Trinajstić information content (AvgIpc) is 3.17. The van der Waals surface area contributed by atoms with E-state index in [4.69, 9.17) is 15.5 Å². The van der Waals surface area contributed by atoms with E-state index < -0.39 is 29.3 Å². The third-order valence-corrected chi connectivity index (χ3v) is 6.54. The summed E-state index contributed by atoms with van der Waals surface area (Å²) in [4.78, 5) is 30.4. The SMILES string of the molecule is CC[C@@]1(O)C(=O)OCc2c1cc1n(c2=O)Cc2c-1nc1ccccc1c2C(O)C(O)CN. The maximum absolute atomic E-state index is 13.3. The van der Waals surface area contributed by atoms with Gasteiger partial charge in [0.25, 0.3) is 5.56 Å². The number of hydrogen-bond acceptors (Lipinski definition) is 8. The molecule has 1 aromatic carbocycles. The number of aliphatic hydroxyl groups is 3. The molecule has 9 heteroatoms. The predicted octanol–water partition coefficient (Wildman–Crippen LogP) is 0.433. The molecule has 32 heavy (non-hydrogen) atoms. The fraction of sp³-hybridized carbons (Fsp3) is 0.348. The first-order chi connectivity index (χ1) is 15.3. The summed E-state index contributed by atoms with van der Waals surface area (Å²) in [6.45, 7) is 1.40. The lowest BCUT2D eigenvalue weighted by Crippen LogP contribution is -2.44. The molecule has 2 aromatic heterocycles. The van der Waals surface area contributed by atoms with Crippen molar-refractivity contribution in [3.8, 4) is 11.4 Å². The van der Waals surface area contributed by atoms with Crippen LogP contribution in [0.5, 0.6) is 0 Å². The minimum atomic E-state index is -1.92. The standard InChI is InChI=1S/C23H23N3O6/c1-2-23(31)14-7-16-19-12(9-26(16)21(29)13(14)10-32-22(23)30)18(20(28)17(27)8-24)11-5-3-4-6-15(11)25-19/h3-7,17,20,27-28,31H,2,8-10,24H2,1H3/t17?,20?,23-/m0/s1. The number of aliphatic hydroxyl groups excluding tert-OH is 2. The highest BCUT2D eigenvalue weighted by molar-refractivity contribution is 5.89. The fourth-order valence-electron chi connectivity index (χ4n) is 4.72. The van der Waals surface area contributed by atoms with E-state index >= 15 is 0 Å². The maximum Gasteiger partial charge on any atom is 0.343 e. The molecular formula is C23H23N3O6. The van der Waals surface area contributed by atoms with Gasteiger partial charge in [0.1, 0.15) is 12.7 Å². The molecule has 9 nitrogen and oxygen atoms in total. The van der Waals surface area contributed by atoms with Crippen molar-refractivity contribution in [2.75, 3.05) is 6.54 Å². The highest BCUT2D eigenvalue weighted by Crippen LogP contribution is 2.41. The van der Waals surface area contributed by atoms with Gasteiger partial charge in [-0.05, 0) is 24.1 Å². The quantitative estimate of drug-likeness (QED) is 0.336. The van der Waals surface area contributed by atoms with Crippen LogP contribution in [0.3, 0.4) is 0 Å². The first kappa shape index (κ1) is 20.8. The minimum Gasteiger partial charge on any atom is -0.458 e. The zero-order valence-electron chi connectivity index (χ0n) is 17.4. The van der Waals surface area contributed by atoms with Crippen molar-refractivity contribution in [1.82, 2.24) is 9.55 Å². The Balaban J connectivity index is 1.82. The number of esters is 1. The number of hydrogen-bond donors (Lipinski definition) is 4. The number of para-hydroxylation sites is 1. The first-order valence-electron chi connectivity index (χ1n) is 10.5. The van der Waals surface area contributed by atoms with Gasteiger partial charge in [-0.3, -0.25) is 4.79 Å². The van der Waals surface area contributed by atoms with Crippen LogP contribution in [0, 0.1) is 0 Å². The van der Waals surface area contributed by atoms with Crippen LogP contribution in [-0.4, -0.2) is 43.5 Å². The van der Waals surface area contributed by atoms with E-state index in [9.17, 15) is 24.9 Å². The van der Waals surface area contributed by atoms with Crippen LogP contribution in [0.4, 0.5) is 0 Å². The number of nitrogens with two attached hydrogens (primary N) is 1. The van der Waals surface area contributed by atoms with E-state index in [2.05, 4.69) is 0 Å². The second-order valence-corrected chi connectivity index (χ2v) is 8.22. The number of rotatable bonds is 4. The zero-order chi connectivity index (χ0) is 22.8. The number of cyclic esters (lactones) is 1. The number of carbonyl (C=O) groups excluding carboxylic acids is 1. The lowest BCUT2D eigenvalue weighted by molar-refractivity contribution is -0.172. The Kier molecular flexibility index (Phi) is 4.68. The number of ether oxygens (including phenoxy) is 1. The second kappa shape index (κ2) is 7.21. The van der Waals surface area contributed by atoms with Gasteiger partial charge >= 0.3 is 5.97 Å². The van der Waals surface area contributed by atoms with Gasteiger partial charge in [-0.15, -0.1) is 0 Å². The molecule has 2 aliphatic rings. The van der Waals surface area contributed by atoms with E-state index in [-0.39, 0.29) is 37.2 Å². The number of aromatic nitrogens is 2. The Hall–Kier alpha value is -3.11. The maximum atomic E-state index is 13.3. The van der Waals surface area contributed by atoms with Gasteiger partial charge in [0.15, 0.2) is 5.60 Å². The lowest BCUT2D eigenvalue weighted by Gasteiger charge is -2.31. The molecule has 0 aliphatic carbocycles. The first-order valence-corrected chi connectivity index (χ1v) is 10.5. The van der Waals surface area contributed by atoms with Crippen LogP contribution in [-0.2, 0) is 28.3 Å². The van der Waals surface area contributed by atoms with Gasteiger partial charge in [0, 0.05) is 23.1 Å². The Labute approximate surface area is 182 Å². The third kappa shape index (κ3) is 2.69. The highest BCUT2D eigenvalue weighted by atomic mass is 16.6. The summed E-state index contributed by atoms with van der Waals surface area (Å²) < 4.78 is 6.59. The molecule has 0 radical (unpaired) electrons.